The van der Waals surface area contributed by atoms with E-state index in [1.54, 1.807) is 13.8 Å². The van der Waals surface area contributed by atoms with Crippen molar-refractivity contribution < 1.29 is 13.2 Å². The van der Waals surface area contributed by atoms with Gasteiger partial charge in [0.25, 0.3) is 0 Å². The second-order valence-electron chi connectivity index (χ2n) is 6.03. The molecule has 0 aliphatic heterocycles. The summed E-state index contributed by atoms with van der Waals surface area (Å²) in [7, 11) is -3.39. The van der Waals surface area contributed by atoms with Gasteiger partial charge in [0.05, 0.1) is 5.25 Å². The first-order valence-electron chi connectivity index (χ1n) is 7.98. The lowest BCUT2D eigenvalue weighted by molar-refractivity contribution is -0.118. The van der Waals surface area contributed by atoms with E-state index in [4.69, 9.17) is 0 Å². The number of sulfone groups is 1. The van der Waals surface area contributed by atoms with Gasteiger partial charge in [-0.3, -0.25) is 4.79 Å². The molecule has 0 bridgehead atoms. The second-order valence-corrected chi connectivity index (χ2v) is 8.59. The molecule has 2 aromatic carbocycles. The van der Waals surface area contributed by atoms with Crippen LogP contribution in [0.25, 0.3) is 0 Å². The molecule has 0 heterocycles. The maximum atomic E-state index is 12.0. The Morgan fingerprint density at radius 1 is 0.917 bits per heavy atom. The van der Waals surface area contributed by atoms with Gasteiger partial charge in [-0.05, 0) is 25.0 Å². The minimum Gasteiger partial charge on any atom is -0.354 e. The third-order valence-electron chi connectivity index (χ3n) is 3.96. The first kappa shape index (κ1) is 18.2. The van der Waals surface area contributed by atoms with Gasteiger partial charge in [-0.25, -0.2) is 8.42 Å². The SMILES string of the molecule is CC(C)S(=O)(=O)CC(=O)NCC(c1ccccc1)c1ccccc1. The summed E-state index contributed by atoms with van der Waals surface area (Å²) in [5.74, 6) is -0.945. The molecule has 0 fully saturated rings. The standard InChI is InChI=1S/C19H23NO3S/c1-15(2)24(22,23)14-19(21)20-13-18(16-9-5-3-6-10-16)17-11-7-4-8-12-17/h3-12,15,18H,13-14H2,1-2H3,(H,20,21). The van der Waals surface area contributed by atoms with Crippen molar-refractivity contribution >= 4 is 15.7 Å². The third-order valence-corrected chi connectivity index (χ3v) is 6.06. The summed E-state index contributed by atoms with van der Waals surface area (Å²) < 4.78 is 23.7. The molecule has 0 spiro atoms. The summed E-state index contributed by atoms with van der Waals surface area (Å²) in [6.45, 7) is 3.53. The van der Waals surface area contributed by atoms with Crippen LogP contribution in [0.3, 0.4) is 0 Å². The fraction of sp³-hybridized carbons (Fsp3) is 0.316. The predicted molar refractivity (Wildman–Crippen MR) is 96.7 cm³/mol. The number of benzene rings is 2. The van der Waals surface area contributed by atoms with E-state index in [0.29, 0.717) is 6.54 Å². The zero-order chi connectivity index (χ0) is 17.6. The van der Waals surface area contributed by atoms with E-state index in [1.165, 1.54) is 0 Å². The molecule has 1 N–H and O–H groups in total. The number of hydrogen-bond acceptors (Lipinski definition) is 3. The van der Waals surface area contributed by atoms with E-state index >= 15 is 0 Å². The Morgan fingerprint density at radius 2 is 1.38 bits per heavy atom. The predicted octanol–water partition coefficient (Wildman–Crippen LogP) is 2.76. The summed E-state index contributed by atoms with van der Waals surface area (Å²) in [5, 5.41) is 2.22. The summed E-state index contributed by atoms with van der Waals surface area (Å²) in [6, 6.07) is 19.7. The molecule has 0 aliphatic carbocycles. The molecule has 0 unspecified atom stereocenters. The van der Waals surface area contributed by atoms with E-state index in [0.717, 1.165) is 11.1 Å². The summed E-state index contributed by atoms with van der Waals surface area (Å²) in [4.78, 5) is 12.0. The Labute approximate surface area is 143 Å². The Balaban J connectivity index is 2.12. The molecule has 0 aromatic heterocycles. The molecule has 0 radical (unpaired) electrons. The number of hydrogen-bond donors (Lipinski definition) is 1. The van der Waals surface area contributed by atoms with E-state index in [-0.39, 0.29) is 5.92 Å². The van der Waals surface area contributed by atoms with Crippen LogP contribution in [0, 0.1) is 0 Å². The summed E-state index contributed by atoms with van der Waals surface area (Å²) in [6.07, 6.45) is 0. The normalized spacial score (nSPS) is 11.7. The molecule has 0 saturated carbocycles. The summed E-state index contributed by atoms with van der Waals surface area (Å²) in [5.41, 5.74) is 2.16. The van der Waals surface area contributed by atoms with Crippen molar-refractivity contribution in [3.05, 3.63) is 71.8 Å². The fourth-order valence-electron chi connectivity index (χ4n) is 2.42. The molecule has 4 nitrogen and oxygen atoms in total. The van der Waals surface area contributed by atoms with Crippen LogP contribution < -0.4 is 5.32 Å². The Kier molecular flexibility index (Phi) is 6.15. The molecular weight excluding hydrogens is 322 g/mol. The highest BCUT2D eigenvalue weighted by atomic mass is 32.2. The average molecular weight is 345 g/mol. The lowest BCUT2D eigenvalue weighted by Crippen LogP contribution is -2.35. The van der Waals surface area contributed by atoms with Crippen molar-refractivity contribution in [2.75, 3.05) is 12.3 Å². The van der Waals surface area contributed by atoms with E-state index in [9.17, 15) is 13.2 Å². The number of nitrogens with one attached hydrogen (secondary N) is 1. The van der Waals surface area contributed by atoms with Crippen LogP contribution >= 0.6 is 0 Å². The van der Waals surface area contributed by atoms with Crippen LogP contribution in [-0.2, 0) is 14.6 Å². The molecule has 2 rings (SSSR count). The topological polar surface area (TPSA) is 63.2 Å². The highest BCUT2D eigenvalue weighted by molar-refractivity contribution is 7.92. The van der Waals surface area contributed by atoms with Crippen LogP contribution in [0.5, 0.6) is 0 Å². The van der Waals surface area contributed by atoms with Gasteiger partial charge in [0, 0.05) is 12.5 Å². The van der Waals surface area contributed by atoms with Crippen molar-refractivity contribution in [3.63, 3.8) is 0 Å². The van der Waals surface area contributed by atoms with Gasteiger partial charge in [-0.2, -0.15) is 0 Å². The molecule has 1 amide bonds. The Morgan fingerprint density at radius 3 is 1.79 bits per heavy atom. The first-order chi connectivity index (χ1) is 11.4. The maximum absolute atomic E-state index is 12.0. The highest BCUT2D eigenvalue weighted by Gasteiger charge is 2.22. The van der Waals surface area contributed by atoms with Gasteiger partial charge >= 0.3 is 0 Å². The number of rotatable bonds is 7. The van der Waals surface area contributed by atoms with Crippen molar-refractivity contribution in [3.8, 4) is 0 Å². The first-order valence-corrected chi connectivity index (χ1v) is 9.70. The smallest absolute Gasteiger partial charge is 0.235 e. The molecular formula is C19H23NO3S. The maximum Gasteiger partial charge on any atom is 0.235 e. The van der Waals surface area contributed by atoms with Gasteiger partial charge in [0.15, 0.2) is 9.84 Å². The van der Waals surface area contributed by atoms with Crippen LogP contribution in [-0.4, -0.2) is 31.9 Å². The van der Waals surface area contributed by atoms with E-state index in [2.05, 4.69) is 5.32 Å². The fourth-order valence-corrected chi connectivity index (χ4v) is 3.22. The zero-order valence-electron chi connectivity index (χ0n) is 14.0. The molecule has 0 aliphatic rings. The lowest BCUT2D eigenvalue weighted by Gasteiger charge is -2.19. The molecule has 0 atom stereocenters. The lowest BCUT2D eigenvalue weighted by atomic mass is 9.91. The van der Waals surface area contributed by atoms with E-state index in [1.807, 2.05) is 60.7 Å². The minimum atomic E-state index is -3.39. The molecule has 0 saturated heterocycles. The van der Waals surface area contributed by atoms with Crippen LogP contribution in [0.2, 0.25) is 0 Å². The highest BCUT2D eigenvalue weighted by Crippen LogP contribution is 2.23. The van der Waals surface area contributed by atoms with Crippen molar-refractivity contribution in [2.24, 2.45) is 0 Å². The van der Waals surface area contributed by atoms with Gasteiger partial charge in [-0.15, -0.1) is 0 Å². The summed E-state index contributed by atoms with van der Waals surface area (Å²) >= 11 is 0. The average Bonchev–Trinajstić information content (AvgIpc) is 2.56. The van der Waals surface area contributed by atoms with Crippen LogP contribution in [0.4, 0.5) is 0 Å². The van der Waals surface area contributed by atoms with Gasteiger partial charge in [0.2, 0.25) is 5.91 Å². The van der Waals surface area contributed by atoms with Crippen LogP contribution in [0.1, 0.15) is 30.9 Å². The van der Waals surface area contributed by atoms with Gasteiger partial charge in [0.1, 0.15) is 5.75 Å². The van der Waals surface area contributed by atoms with Crippen molar-refractivity contribution in [1.82, 2.24) is 5.32 Å². The molecule has 2 aromatic rings. The molecule has 5 heteroatoms. The van der Waals surface area contributed by atoms with Gasteiger partial charge in [-0.1, -0.05) is 60.7 Å². The minimum absolute atomic E-state index is 0.0156. The number of carbonyl (C=O) groups excluding carboxylic acids is 1. The third kappa shape index (κ3) is 4.93. The van der Waals surface area contributed by atoms with Crippen molar-refractivity contribution in [2.45, 2.75) is 25.0 Å². The Bertz CT molecular complexity index is 716. The largest absolute Gasteiger partial charge is 0.354 e. The number of amides is 1. The molecule has 128 valence electrons. The van der Waals surface area contributed by atoms with E-state index < -0.39 is 26.7 Å². The Hall–Kier alpha value is -2.14. The quantitative estimate of drug-likeness (QED) is 0.839. The van der Waals surface area contributed by atoms with Crippen LogP contribution in [0.15, 0.2) is 60.7 Å². The number of carbonyl (C=O) groups is 1. The van der Waals surface area contributed by atoms with Crippen molar-refractivity contribution in [1.29, 1.82) is 0 Å². The molecule has 24 heavy (non-hydrogen) atoms. The zero-order valence-corrected chi connectivity index (χ0v) is 14.8. The second kappa shape index (κ2) is 8.11. The monoisotopic (exact) mass is 345 g/mol. The van der Waals surface area contributed by atoms with Gasteiger partial charge < -0.3 is 5.32 Å².